The molecule has 0 radical (unpaired) electrons. The average Bonchev–Trinajstić information content (AvgIpc) is 2.98. The van der Waals surface area contributed by atoms with Gasteiger partial charge in [-0.1, -0.05) is 65.9 Å². The van der Waals surface area contributed by atoms with Crippen LogP contribution in [0, 0.1) is 0 Å². The van der Waals surface area contributed by atoms with E-state index in [1.165, 1.54) is 4.57 Å². The van der Waals surface area contributed by atoms with Crippen LogP contribution in [0.15, 0.2) is 83.7 Å². The van der Waals surface area contributed by atoms with E-state index in [1.807, 2.05) is 66.7 Å². The highest BCUT2D eigenvalue weighted by Crippen LogP contribution is 2.22. The topological polar surface area (TPSA) is 48.3 Å². The van der Waals surface area contributed by atoms with Gasteiger partial charge in [-0.3, -0.25) is 9.36 Å². The van der Waals surface area contributed by atoms with Crippen LogP contribution in [-0.2, 0) is 11.3 Å². The lowest BCUT2D eigenvalue weighted by Crippen LogP contribution is -2.22. The van der Waals surface area contributed by atoms with Gasteiger partial charge in [0.25, 0.3) is 0 Å². The van der Waals surface area contributed by atoms with Crippen molar-refractivity contribution in [1.29, 1.82) is 0 Å². The van der Waals surface area contributed by atoms with Crippen LogP contribution in [0.3, 0.4) is 0 Å². The van der Waals surface area contributed by atoms with Crippen molar-refractivity contribution >= 4 is 27.5 Å². The summed E-state index contributed by atoms with van der Waals surface area (Å²) in [6, 6.07) is 24.7. The minimum absolute atomic E-state index is 0.108. The molecule has 0 unspecified atom stereocenters. The maximum Gasteiger partial charge on any atom is 0.331 e. The highest BCUT2D eigenvalue weighted by atomic mass is 32.1. The van der Waals surface area contributed by atoms with Crippen molar-refractivity contribution in [2.45, 2.75) is 6.54 Å². The van der Waals surface area contributed by atoms with Gasteiger partial charge in [-0.2, -0.15) is 0 Å². The number of thiazole rings is 1. The molecule has 0 saturated heterocycles. The monoisotopic (exact) mass is 361 g/mol. The number of hydrogen-bond acceptors (Lipinski definition) is 4. The fraction of sp³-hybridized carbons (Fsp3) is 0.0476. The van der Waals surface area contributed by atoms with Crippen molar-refractivity contribution in [2.24, 2.45) is 0 Å². The number of carbonyl (C=O) groups is 1. The van der Waals surface area contributed by atoms with Gasteiger partial charge < -0.3 is 4.74 Å². The van der Waals surface area contributed by atoms with E-state index < -0.39 is 5.97 Å². The fourth-order valence-corrected chi connectivity index (χ4v) is 3.69. The van der Waals surface area contributed by atoms with Crippen LogP contribution in [0.2, 0.25) is 0 Å². The van der Waals surface area contributed by atoms with Crippen molar-refractivity contribution < 1.29 is 9.53 Å². The van der Waals surface area contributed by atoms with Gasteiger partial charge in [-0.15, -0.1) is 0 Å². The van der Waals surface area contributed by atoms with Gasteiger partial charge in [0.05, 0.1) is 10.2 Å². The molecule has 0 aliphatic rings. The van der Waals surface area contributed by atoms with Crippen molar-refractivity contribution in [3.05, 3.63) is 88.5 Å². The standard InChI is InChI=1S/C21H15NO3S/c23-20(14-22-18-8-4-5-9-19(18)26-21(22)24)25-17-12-10-16(11-13-17)15-6-2-1-3-7-15/h1-13H,14H2. The van der Waals surface area contributed by atoms with Crippen LogP contribution in [0.5, 0.6) is 5.75 Å². The molecule has 0 aliphatic carbocycles. The largest absolute Gasteiger partial charge is 0.425 e. The van der Waals surface area contributed by atoms with Gasteiger partial charge in [0.15, 0.2) is 0 Å². The molecule has 0 aliphatic heterocycles. The van der Waals surface area contributed by atoms with Crippen molar-refractivity contribution in [1.82, 2.24) is 4.57 Å². The Hall–Kier alpha value is -3.18. The highest BCUT2D eigenvalue weighted by molar-refractivity contribution is 7.16. The number of esters is 1. The van der Waals surface area contributed by atoms with E-state index in [0.717, 1.165) is 32.7 Å². The highest BCUT2D eigenvalue weighted by Gasteiger charge is 2.12. The predicted octanol–water partition coefficient (Wildman–Crippen LogP) is 4.34. The number of ether oxygens (including phenoxy) is 1. The van der Waals surface area contributed by atoms with Crippen LogP contribution in [0.1, 0.15) is 0 Å². The normalized spacial score (nSPS) is 10.8. The van der Waals surface area contributed by atoms with E-state index in [-0.39, 0.29) is 11.4 Å². The lowest BCUT2D eigenvalue weighted by molar-refractivity contribution is -0.135. The van der Waals surface area contributed by atoms with E-state index in [4.69, 9.17) is 4.74 Å². The molecular weight excluding hydrogens is 346 g/mol. The summed E-state index contributed by atoms with van der Waals surface area (Å²) in [5, 5.41) is 0. The SMILES string of the molecule is O=C(Cn1c(=O)sc2ccccc21)Oc1ccc(-c2ccccc2)cc1. The molecule has 5 heteroatoms. The maximum atomic E-state index is 12.3. The summed E-state index contributed by atoms with van der Waals surface area (Å²) in [5.41, 5.74) is 2.89. The third kappa shape index (κ3) is 3.30. The number of hydrogen-bond donors (Lipinski definition) is 0. The molecule has 4 nitrogen and oxygen atoms in total. The summed E-state index contributed by atoms with van der Waals surface area (Å²) in [6.07, 6.45) is 0. The van der Waals surface area contributed by atoms with Gasteiger partial charge in [-0.05, 0) is 35.4 Å². The van der Waals surface area contributed by atoms with Crippen LogP contribution in [0.4, 0.5) is 0 Å². The number of benzene rings is 3. The molecule has 0 bridgehead atoms. The molecule has 0 fully saturated rings. The Kier molecular flexibility index (Phi) is 4.37. The van der Waals surface area contributed by atoms with E-state index in [2.05, 4.69) is 0 Å². The number of rotatable bonds is 4. The predicted molar refractivity (Wildman–Crippen MR) is 104 cm³/mol. The number of nitrogens with zero attached hydrogens (tertiary/aromatic N) is 1. The lowest BCUT2D eigenvalue weighted by atomic mass is 10.1. The Morgan fingerprint density at radius 1 is 0.846 bits per heavy atom. The molecule has 0 saturated carbocycles. The second-order valence-corrected chi connectivity index (χ2v) is 6.78. The molecule has 1 heterocycles. The first-order chi connectivity index (χ1) is 12.7. The summed E-state index contributed by atoms with van der Waals surface area (Å²) in [5.74, 6) is -0.00891. The molecule has 4 rings (SSSR count). The average molecular weight is 361 g/mol. The summed E-state index contributed by atoms with van der Waals surface area (Å²) in [6.45, 7) is -0.108. The summed E-state index contributed by atoms with van der Waals surface area (Å²) >= 11 is 1.13. The fourth-order valence-electron chi connectivity index (χ4n) is 2.80. The third-order valence-electron chi connectivity index (χ3n) is 4.05. The second kappa shape index (κ2) is 6.98. The lowest BCUT2D eigenvalue weighted by Gasteiger charge is -2.07. The molecule has 0 spiro atoms. The first-order valence-corrected chi connectivity index (χ1v) is 8.97. The van der Waals surface area contributed by atoms with E-state index in [1.54, 1.807) is 12.1 Å². The van der Waals surface area contributed by atoms with Crippen molar-refractivity contribution in [2.75, 3.05) is 0 Å². The molecule has 4 aromatic rings. The minimum Gasteiger partial charge on any atom is -0.425 e. The molecule has 1 aromatic heterocycles. The van der Waals surface area contributed by atoms with Crippen LogP contribution >= 0.6 is 11.3 Å². The van der Waals surface area contributed by atoms with Gasteiger partial charge in [0.1, 0.15) is 12.3 Å². The summed E-state index contributed by atoms with van der Waals surface area (Å²) < 4.78 is 7.69. The molecular formula is C21H15NO3S. The first-order valence-electron chi connectivity index (χ1n) is 8.15. The molecule has 26 heavy (non-hydrogen) atoms. The van der Waals surface area contributed by atoms with Crippen LogP contribution in [-0.4, -0.2) is 10.5 Å². The molecule has 0 N–H and O–H groups in total. The zero-order valence-corrected chi connectivity index (χ0v) is 14.6. The van der Waals surface area contributed by atoms with Crippen molar-refractivity contribution in [3.63, 3.8) is 0 Å². The van der Waals surface area contributed by atoms with Gasteiger partial charge in [-0.25, -0.2) is 4.79 Å². The van der Waals surface area contributed by atoms with E-state index in [9.17, 15) is 9.59 Å². The van der Waals surface area contributed by atoms with Crippen LogP contribution < -0.4 is 9.61 Å². The minimum atomic E-state index is -0.469. The smallest absolute Gasteiger partial charge is 0.331 e. The first kappa shape index (κ1) is 16.3. The van der Waals surface area contributed by atoms with Crippen LogP contribution in [0.25, 0.3) is 21.3 Å². The number of fused-ring (bicyclic) bond motifs is 1. The van der Waals surface area contributed by atoms with Gasteiger partial charge in [0.2, 0.25) is 0 Å². The zero-order valence-electron chi connectivity index (χ0n) is 13.8. The molecule has 128 valence electrons. The van der Waals surface area contributed by atoms with Gasteiger partial charge >= 0.3 is 10.8 Å². The molecule has 0 atom stereocenters. The van der Waals surface area contributed by atoms with Gasteiger partial charge in [0, 0.05) is 0 Å². The molecule has 0 amide bonds. The Morgan fingerprint density at radius 2 is 1.50 bits per heavy atom. The number of carbonyl (C=O) groups excluding carboxylic acids is 1. The van der Waals surface area contributed by atoms with E-state index >= 15 is 0 Å². The second-order valence-electron chi connectivity index (χ2n) is 5.79. The Bertz CT molecular complexity index is 1110. The Morgan fingerprint density at radius 3 is 2.27 bits per heavy atom. The quantitative estimate of drug-likeness (QED) is 0.401. The Labute approximate surface area is 153 Å². The summed E-state index contributed by atoms with van der Waals surface area (Å²) in [7, 11) is 0. The zero-order chi connectivity index (χ0) is 17.9. The number of aromatic nitrogens is 1. The summed E-state index contributed by atoms with van der Waals surface area (Å²) in [4.78, 5) is 24.2. The number of para-hydroxylation sites is 1. The maximum absolute atomic E-state index is 12.3. The molecule has 3 aromatic carbocycles. The van der Waals surface area contributed by atoms with Crippen molar-refractivity contribution in [3.8, 4) is 16.9 Å². The van der Waals surface area contributed by atoms with E-state index in [0.29, 0.717) is 5.75 Å². The third-order valence-corrected chi connectivity index (χ3v) is 5.01. The Balaban J connectivity index is 1.50.